The number of hydrogen-bond donors (Lipinski definition) is 1. The number of rotatable bonds is 1. The van der Waals surface area contributed by atoms with Crippen molar-refractivity contribution in [2.45, 2.75) is 18.6 Å². The molecule has 0 aromatic heterocycles. The highest BCUT2D eigenvalue weighted by Gasteiger charge is 2.41. The summed E-state index contributed by atoms with van der Waals surface area (Å²) in [5.74, 6) is -1.22. The quantitative estimate of drug-likeness (QED) is 0.781. The Hall–Kier alpha value is -1.18. The average molecular weight is 359 g/mol. The smallest absolute Gasteiger partial charge is 0.255 e. The van der Waals surface area contributed by atoms with Gasteiger partial charge in [0.1, 0.15) is 5.82 Å². The third-order valence-electron chi connectivity index (χ3n) is 3.94. The van der Waals surface area contributed by atoms with Crippen LogP contribution in [0.1, 0.15) is 23.2 Å². The molecule has 21 heavy (non-hydrogen) atoms. The summed E-state index contributed by atoms with van der Waals surface area (Å²) in [6, 6.07) is 2.59. The lowest BCUT2D eigenvalue weighted by Crippen LogP contribution is -2.47. The molecule has 1 amide bonds. The number of halogens is 2. The number of piperidine rings is 1. The third-order valence-corrected chi connectivity index (χ3v) is 4.60. The maximum atomic E-state index is 13.4. The van der Waals surface area contributed by atoms with Crippen LogP contribution in [0, 0.1) is 5.82 Å². The van der Waals surface area contributed by atoms with Crippen molar-refractivity contribution >= 4 is 27.5 Å². The van der Waals surface area contributed by atoms with Gasteiger partial charge in [-0.05, 0) is 28.1 Å². The molecule has 1 aromatic carbocycles. The van der Waals surface area contributed by atoms with Crippen LogP contribution in [-0.4, -0.2) is 42.9 Å². The van der Waals surface area contributed by atoms with Crippen LogP contribution >= 0.6 is 15.9 Å². The van der Waals surface area contributed by atoms with Crippen LogP contribution in [0.2, 0.25) is 0 Å². The van der Waals surface area contributed by atoms with Crippen LogP contribution in [0.5, 0.6) is 0 Å². The number of nitrogens with zero attached hydrogens (tertiary/aromatic N) is 1. The Morgan fingerprint density at radius 1 is 1.29 bits per heavy atom. The van der Waals surface area contributed by atoms with Gasteiger partial charge in [0.2, 0.25) is 0 Å². The Bertz CT molecular complexity index is 566. The standard InChI is InChI=1S/C14H16BrFN2O3/c15-10-8-11(16)12(17)7-9(10)13(19)18-3-1-14(2-4-18)20-5-6-21-14/h7-8H,1-6,17H2. The van der Waals surface area contributed by atoms with Crippen LogP contribution < -0.4 is 5.73 Å². The number of likely N-dealkylation sites (tertiary alicyclic amines) is 1. The van der Waals surface area contributed by atoms with Crippen molar-refractivity contribution in [1.29, 1.82) is 0 Å². The van der Waals surface area contributed by atoms with E-state index in [9.17, 15) is 9.18 Å². The zero-order valence-corrected chi connectivity index (χ0v) is 13.0. The Balaban J connectivity index is 1.73. The van der Waals surface area contributed by atoms with Gasteiger partial charge in [-0.15, -0.1) is 0 Å². The molecule has 5 nitrogen and oxygen atoms in total. The van der Waals surface area contributed by atoms with Gasteiger partial charge in [-0.1, -0.05) is 0 Å². The molecule has 1 aromatic rings. The van der Waals surface area contributed by atoms with E-state index >= 15 is 0 Å². The van der Waals surface area contributed by atoms with Gasteiger partial charge in [-0.25, -0.2) is 4.39 Å². The summed E-state index contributed by atoms with van der Waals surface area (Å²) in [6.07, 6.45) is 1.29. The highest BCUT2D eigenvalue weighted by Crippen LogP contribution is 2.32. The molecule has 2 saturated heterocycles. The summed E-state index contributed by atoms with van der Waals surface area (Å²) in [4.78, 5) is 14.2. The van der Waals surface area contributed by atoms with Crippen molar-refractivity contribution in [2.75, 3.05) is 32.0 Å². The van der Waals surface area contributed by atoms with Crippen molar-refractivity contribution in [3.63, 3.8) is 0 Å². The van der Waals surface area contributed by atoms with Crippen molar-refractivity contribution in [1.82, 2.24) is 4.90 Å². The zero-order chi connectivity index (χ0) is 15.0. The van der Waals surface area contributed by atoms with Crippen LogP contribution in [0.15, 0.2) is 16.6 Å². The average Bonchev–Trinajstić information content (AvgIpc) is 2.91. The molecular formula is C14H16BrFN2O3. The lowest BCUT2D eigenvalue weighted by atomic mass is 10.0. The van der Waals surface area contributed by atoms with Crippen LogP contribution in [0.4, 0.5) is 10.1 Å². The first-order chi connectivity index (χ1) is 10.0. The molecule has 0 unspecified atom stereocenters. The fourth-order valence-electron chi connectivity index (χ4n) is 2.74. The van der Waals surface area contributed by atoms with Gasteiger partial charge in [0, 0.05) is 30.4 Å². The molecule has 0 atom stereocenters. The highest BCUT2D eigenvalue weighted by molar-refractivity contribution is 9.10. The number of anilines is 1. The normalized spacial score (nSPS) is 21.0. The Labute approximate surface area is 130 Å². The van der Waals surface area contributed by atoms with E-state index < -0.39 is 11.6 Å². The van der Waals surface area contributed by atoms with Gasteiger partial charge in [0.15, 0.2) is 5.79 Å². The summed E-state index contributed by atoms with van der Waals surface area (Å²) >= 11 is 3.22. The second-order valence-corrected chi connectivity index (χ2v) is 6.11. The van der Waals surface area contributed by atoms with E-state index in [2.05, 4.69) is 15.9 Å². The lowest BCUT2D eigenvalue weighted by Gasteiger charge is -2.37. The number of amides is 1. The van der Waals surface area contributed by atoms with Crippen molar-refractivity contribution < 1.29 is 18.7 Å². The molecule has 0 radical (unpaired) electrons. The molecule has 2 N–H and O–H groups in total. The minimum Gasteiger partial charge on any atom is -0.396 e. The summed E-state index contributed by atoms with van der Waals surface area (Å²) in [5.41, 5.74) is 5.89. The van der Waals surface area contributed by atoms with E-state index in [4.69, 9.17) is 15.2 Å². The monoisotopic (exact) mass is 358 g/mol. The summed E-state index contributed by atoms with van der Waals surface area (Å²) in [5, 5.41) is 0. The molecule has 1 spiro atoms. The second-order valence-electron chi connectivity index (χ2n) is 5.25. The van der Waals surface area contributed by atoms with Gasteiger partial charge >= 0.3 is 0 Å². The largest absolute Gasteiger partial charge is 0.396 e. The minimum absolute atomic E-state index is 0.0301. The summed E-state index contributed by atoms with van der Waals surface area (Å²) in [7, 11) is 0. The molecule has 2 aliphatic heterocycles. The summed E-state index contributed by atoms with van der Waals surface area (Å²) < 4.78 is 25.0. The Morgan fingerprint density at radius 2 is 1.90 bits per heavy atom. The van der Waals surface area contributed by atoms with E-state index in [0.29, 0.717) is 49.2 Å². The molecule has 2 aliphatic rings. The number of ether oxygens (including phenoxy) is 2. The first kappa shape index (κ1) is 14.7. The zero-order valence-electron chi connectivity index (χ0n) is 11.4. The maximum absolute atomic E-state index is 13.4. The van der Waals surface area contributed by atoms with E-state index in [-0.39, 0.29) is 11.6 Å². The van der Waals surface area contributed by atoms with Crippen molar-refractivity contribution in [2.24, 2.45) is 0 Å². The first-order valence-electron chi connectivity index (χ1n) is 6.82. The van der Waals surface area contributed by atoms with Gasteiger partial charge in [-0.3, -0.25) is 4.79 Å². The van der Waals surface area contributed by atoms with Crippen molar-refractivity contribution in [3.05, 3.63) is 28.0 Å². The van der Waals surface area contributed by atoms with Gasteiger partial charge in [-0.2, -0.15) is 0 Å². The number of nitrogen functional groups attached to an aromatic ring is 1. The van der Waals surface area contributed by atoms with Crippen LogP contribution in [-0.2, 0) is 9.47 Å². The number of nitrogens with two attached hydrogens (primary N) is 1. The van der Waals surface area contributed by atoms with E-state index in [1.165, 1.54) is 12.1 Å². The molecule has 0 aliphatic carbocycles. The first-order valence-corrected chi connectivity index (χ1v) is 7.62. The lowest BCUT2D eigenvalue weighted by molar-refractivity contribution is -0.181. The third kappa shape index (κ3) is 2.77. The van der Waals surface area contributed by atoms with Crippen molar-refractivity contribution in [3.8, 4) is 0 Å². The molecule has 114 valence electrons. The predicted octanol–water partition coefficient (Wildman–Crippen LogP) is 2.15. The molecule has 0 saturated carbocycles. The fraction of sp³-hybridized carbons (Fsp3) is 0.500. The maximum Gasteiger partial charge on any atom is 0.255 e. The van der Waals surface area contributed by atoms with Crippen LogP contribution in [0.3, 0.4) is 0 Å². The van der Waals surface area contributed by atoms with Crippen LogP contribution in [0.25, 0.3) is 0 Å². The topological polar surface area (TPSA) is 64.8 Å². The van der Waals surface area contributed by atoms with Gasteiger partial charge in [0.25, 0.3) is 5.91 Å². The number of benzene rings is 1. The predicted molar refractivity (Wildman–Crippen MR) is 78.3 cm³/mol. The van der Waals surface area contributed by atoms with Gasteiger partial charge in [0.05, 0.1) is 24.5 Å². The van der Waals surface area contributed by atoms with E-state index in [1.54, 1.807) is 4.90 Å². The molecule has 2 heterocycles. The molecule has 7 heteroatoms. The minimum atomic E-state index is -0.538. The SMILES string of the molecule is Nc1cc(C(=O)N2CCC3(CC2)OCCO3)c(Br)cc1F. The number of hydrogen-bond acceptors (Lipinski definition) is 4. The fourth-order valence-corrected chi connectivity index (χ4v) is 3.22. The second kappa shape index (κ2) is 5.55. The molecule has 2 fully saturated rings. The highest BCUT2D eigenvalue weighted by atomic mass is 79.9. The van der Waals surface area contributed by atoms with E-state index in [1.807, 2.05) is 0 Å². The van der Waals surface area contributed by atoms with E-state index in [0.717, 1.165) is 0 Å². The molecular weight excluding hydrogens is 343 g/mol. The molecule has 0 bridgehead atoms. The Kier molecular flexibility index (Phi) is 3.90. The summed E-state index contributed by atoms with van der Waals surface area (Å²) in [6.45, 7) is 2.30. The van der Waals surface area contributed by atoms with Gasteiger partial charge < -0.3 is 20.1 Å². The Morgan fingerprint density at radius 3 is 2.52 bits per heavy atom. The number of carbonyl (C=O) groups excluding carboxylic acids is 1. The molecule has 3 rings (SSSR count). The number of carbonyl (C=O) groups is 1.